The van der Waals surface area contributed by atoms with Crippen molar-refractivity contribution in [3.05, 3.63) is 35.6 Å². The number of nitrogen functional groups attached to an aromatic ring is 1. The van der Waals surface area contributed by atoms with Crippen molar-refractivity contribution in [2.75, 3.05) is 24.4 Å². The average Bonchev–Trinajstić information content (AvgIpc) is 2.46. The minimum absolute atomic E-state index is 0.0214. The molecule has 2 aromatic rings. The van der Waals surface area contributed by atoms with Gasteiger partial charge in [-0.3, -0.25) is 5.43 Å². The molecule has 3 N–H and O–H groups in total. The Hall–Kier alpha value is -2.48. The fraction of sp³-hybridized carbons (Fsp3) is 0.250. The van der Waals surface area contributed by atoms with Crippen LogP contribution in [0.1, 0.15) is 5.56 Å². The molecular formula is C12H15FN6O. The van der Waals surface area contributed by atoms with Crippen LogP contribution in [-0.4, -0.2) is 29.0 Å². The summed E-state index contributed by atoms with van der Waals surface area (Å²) in [5.41, 5.74) is 2.75. The smallest absolute Gasteiger partial charge is 0.323 e. The number of hydrogen-bond donors (Lipinski definition) is 2. The van der Waals surface area contributed by atoms with Crippen LogP contribution in [0.4, 0.5) is 16.3 Å². The van der Waals surface area contributed by atoms with Gasteiger partial charge in [0.25, 0.3) is 0 Å². The van der Waals surface area contributed by atoms with E-state index in [9.17, 15) is 4.39 Å². The van der Waals surface area contributed by atoms with Crippen molar-refractivity contribution in [2.45, 2.75) is 6.61 Å². The largest absolute Gasteiger partial charge is 0.458 e. The molecule has 1 aromatic carbocycles. The molecule has 0 spiro atoms. The number of aromatic nitrogens is 3. The highest BCUT2D eigenvalue weighted by atomic mass is 19.1. The summed E-state index contributed by atoms with van der Waals surface area (Å²) in [4.78, 5) is 13.8. The summed E-state index contributed by atoms with van der Waals surface area (Å²) in [6.07, 6.45) is 0. The first-order chi connectivity index (χ1) is 9.60. The molecular weight excluding hydrogens is 263 g/mol. The lowest BCUT2D eigenvalue weighted by molar-refractivity contribution is 0.275. The summed E-state index contributed by atoms with van der Waals surface area (Å²) in [7, 11) is 3.55. The van der Waals surface area contributed by atoms with Crippen molar-refractivity contribution < 1.29 is 9.13 Å². The van der Waals surface area contributed by atoms with Gasteiger partial charge in [0.2, 0.25) is 11.9 Å². The topological polar surface area (TPSA) is 89.2 Å². The maximum Gasteiger partial charge on any atom is 0.323 e. The molecule has 20 heavy (non-hydrogen) atoms. The SMILES string of the molecule is CN(C)c1nc(NN)nc(OCc2ccccc2F)n1. The molecule has 0 saturated carbocycles. The quantitative estimate of drug-likeness (QED) is 0.621. The second-order valence-corrected chi connectivity index (χ2v) is 4.16. The van der Waals surface area contributed by atoms with Crippen molar-refractivity contribution in [2.24, 2.45) is 5.84 Å². The van der Waals surface area contributed by atoms with E-state index in [1.54, 1.807) is 37.2 Å². The van der Waals surface area contributed by atoms with Crippen LogP contribution >= 0.6 is 0 Å². The van der Waals surface area contributed by atoms with Crippen LogP contribution in [0.3, 0.4) is 0 Å². The zero-order valence-corrected chi connectivity index (χ0v) is 11.2. The molecule has 8 heteroatoms. The van der Waals surface area contributed by atoms with E-state index in [4.69, 9.17) is 10.6 Å². The number of hydrazine groups is 1. The van der Waals surface area contributed by atoms with E-state index in [-0.39, 0.29) is 24.4 Å². The third-order valence-corrected chi connectivity index (χ3v) is 2.45. The predicted molar refractivity (Wildman–Crippen MR) is 72.7 cm³/mol. The average molecular weight is 278 g/mol. The Morgan fingerprint density at radius 3 is 2.65 bits per heavy atom. The number of hydrogen-bond acceptors (Lipinski definition) is 7. The Bertz CT molecular complexity index is 592. The van der Waals surface area contributed by atoms with Crippen molar-refractivity contribution in [1.29, 1.82) is 0 Å². The van der Waals surface area contributed by atoms with Gasteiger partial charge in [-0.2, -0.15) is 15.0 Å². The molecule has 0 fully saturated rings. The number of benzene rings is 1. The van der Waals surface area contributed by atoms with Gasteiger partial charge in [0.1, 0.15) is 12.4 Å². The van der Waals surface area contributed by atoms with E-state index < -0.39 is 0 Å². The molecule has 1 aromatic heterocycles. The third-order valence-electron chi connectivity index (χ3n) is 2.45. The lowest BCUT2D eigenvalue weighted by Gasteiger charge is -2.12. The van der Waals surface area contributed by atoms with Crippen molar-refractivity contribution >= 4 is 11.9 Å². The number of rotatable bonds is 5. The number of nitrogens with two attached hydrogens (primary N) is 1. The van der Waals surface area contributed by atoms with Crippen LogP contribution in [-0.2, 0) is 6.61 Å². The van der Waals surface area contributed by atoms with Gasteiger partial charge in [-0.1, -0.05) is 18.2 Å². The lowest BCUT2D eigenvalue weighted by Crippen LogP contribution is -2.18. The number of halogens is 1. The molecule has 1 heterocycles. The molecule has 0 saturated heterocycles. The van der Waals surface area contributed by atoms with E-state index in [0.29, 0.717) is 11.5 Å². The van der Waals surface area contributed by atoms with E-state index in [0.717, 1.165) is 0 Å². The minimum atomic E-state index is -0.341. The number of nitrogens with zero attached hydrogens (tertiary/aromatic N) is 4. The molecule has 106 valence electrons. The Morgan fingerprint density at radius 1 is 1.25 bits per heavy atom. The van der Waals surface area contributed by atoms with Gasteiger partial charge in [0.05, 0.1) is 0 Å². The maximum atomic E-state index is 13.5. The van der Waals surface area contributed by atoms with Gasteiger partial charge in [0, 0.05) is 19.7 Å². The normalized spacial score (nSPS) is 10.2. The van der Waals surface area contributed by atoms with Crippen molar-refractivity contribution in [1.82, 2.24) is 15.0 Å². The fourth-order valence-corrected chi connectivity index (χ4v) is 1.43. The first-order valence-electron chi connectivity index (χ1n) is 5.86. The van der Waals surface area contributed by atoms with Crippen LogP contribution in [0, 0.1) is 5.82 Å². The molecule has 2 rings (SSSR count). The summed E-state index contributed by atoms with van der Waals surface area (Å²) in [5.74, 6) is 5.50. The monoisotopic (exact) mass is 278 g/mol. The van der Waals surface area contributed by atoms with Gasteiger partial charge >= 0.3 is 6.01 Å². The molecule has 7 nitrogen and oxygen atoms in total. The van der Waals surface area contributed by atoms with Crippen molar-refractivity contribution in [3.8, 4) is 6.01 Å². The standard InChI is InChI=1S/C12H15FN6O/c1-19(2)11-15-10(18-14)16-12(17-11)20-7-8-5-3-4-6-9(8)13/h3-6H,7,14H2,1-2H3,(H,15,16,17,18). The van der Waals surface area contributed by atoms with E-state index >= 15 is 0 Å². The van der Waals surface area contributed by atoms with Crippen LogP contribution in [0.25, 0.3) is 0 Å². The first-order valence-corrected chi connectivity index (χ1v) is 5.86. The summed E-state index contributed by atoms with van der Waals surface area (Å²) >= 11 is 0. The van der Waals surface area contributed by atoms with Gasteiger partial charge in [0.15, 0.2) is 0 Å². The van der Waals surface area contributed by atoms with E-state index in [1.165, 1.54) is 6.07 Å². The van der Waals surface area contributed by atoms with Crippen LogP contribution in [0.5, 0.6) is 6.01 Å². The fourth-order valence-electron chi connectivity index (χ4n) is 1.43. The second kappa shape index (κ2) is 6.11. The van der Waals surface area contributed by atoms with Crippen LogP contribution in [0.15, 0.2) is 24.3 Å². The highest BCUT2D eigenvalue weighted by Crippen LogP contribution is 2.14. The molecule has 0 amide bonds. The highest BCUT2D eigenvalue weighted by molar-refractivity contribution is 5.36. The number of anilines is 2. The van der Waals surface area contributed by atoms with E-state index in [2.05, 4.69) is 20.4 Å². The number of ether oxygens (including phenoxy) is 1. The van der Waals surface area contributed by atoms with E-state index in [1.807, 2.05) is 0 Å². The van der Waals surface area contributed by atoms with Gasteiger partial charge in [-0.25, -0.2) is 10.2 Å². The molecule has 0 aliphatic rings. The molecule has 0 bridgehead atoms. The summed E-state index contributed by atoms with van der Waals surface area (Å²) in [6, 6.07) is 6.41. The Balaban J connectivity index is 2.17. The molecule has 0 radical (unpaired) electrons. The second-order valence-electron chi connectivity index (χ2n) is 4.16. The Kier molecular flexibility index (Phi) is 4.26. The van der Waals surface area contributed by atoms with Crippen LogP contribution < -0.4 is 20.9 Å². The predicted octanol–water partition coefficient (Wildman–Crippen LogP) is 0.941. The summed E-state index contributed by atoms with van der Waals surface area (Å²) in [6.45, 7) is 0.0214. The summed E-state index contributed by atoms with van der Waals surface area (Å²) in [5, 5.41) is 0. The first kappa shape index (κ1) is 13.9. The van der Waals surface area contributed by atoms with Crippen LogP contribution in [0.2, 0.25) is 0 Å². The Labute approximate surface area is 115 Å². The van der Waals surface area contributed by atoms with Gasteiger partial charge < -0.3 is 9.64 Å². The van der Waals surface area contributed by atoms with Gasteiger partial charge in [-0.05, 0) is 6.07 Å². The highest BCUT2D eigenvalue weighted by Gasteiger charge is 2.09. The zero-order chi connectivity index (χ0) is 14.5. The summed E-state index contributed by atoms with van der Waals surface area (Å²) < 4.78 is 18.9. The molecule has 0 atom stereocenters. The molecule has 0 aliphatic heterocycles. The van der Waals surface area contributed by atoms with Gasteiger partial charge in [-0.15, -0.1) is 0 Å². The number of nitrogens with one attached hydrogen (secondary N) is 1. The minimum Gasteiger partial charge on any atom is -0.458 e. The molecule has 0 unspecified atom stereocenters. The molecule has 0 aliphatic carbocycles. The Morgan fingerprint density at radius 2 is 2.00 bits per heavy atom. The third kappa shape index (κ3) is 3.29. The lowest BCUT2D eigenvalue weighted by atomic mass is 10.2. The van der Waals surface area contributed by atoms with Crippen molar-refractivity contribution in [3.63, 3.8) is 0 Å². The zero-order valence-electron chi connectivity index (χ0n) is 11.2. The maximum absolute atomic E-state index is 13.5.